The van der Waals surface area contributed by atoms with Gasteiger partial charge in [-0.15, -0.1) is 0 Å². The first-order valence-corrected chi connectivity index (χ1v) is 8.93. The van der Waals surface area contributed by atoms with Crippen LogP contribution in [0.15, 0.2) is 35.4 Å². The number of hydrogen-bond acceptors (Lipinski definition) is 5. The minimum atomic E-state index is -3.75. The molecule has 9 heteroatoms. The van der Waals surface area contributed by atoms with E-state index >= 15 is 0 Å². The summed E-state index contributed by atoms with van der Waals surface area (Å²) in [4.78, 5) is 11.2. The van der Waals surface area contributed by atoms with Crippen molar-refractivity contribution in [2.45, 2.75) is 11.3 Å². The van der Waals surface area contributed by atoms with Gasteiger partial charge >= 0.3 is 0 Å². The number of hydrogen-bond donors (Lipinski definition) is 2. The third-order valence-electron chi connectivity index (χ3n) is 3.72. The highest BCUT2D eigenvalue weighted by atomic mass is 32.2. The summed E-state index contributed by atoms with van der Waals surface area (Å²) in [6.45, 7) is 0.159. The number of aryl methyl sites for hydroxylation is 1. The van der Waals surface area contributed by atoms with Crippen molar-refractivity contribution < 1.29 is 22.7 Å². The van der Waals surface area contributed by atoms with Crippen molar-refractivity contribution in [3.05, 3.63) is 41.7 Å². The Hall–Kier alpha value is -2.52. The number of ether oxygens (including phenoxy) is 2. The van der Waals surface area contributed by atoms with Gasteiger partial charge in [0.05, 0.1) is 14.2 Å². The SMILES string of the molecule is COc1ccc(OC)c(CCNS(=O)(=O)c2cc(C(N)=O)n(C)c2)c1. The first-order valence-electron chi connectivity index (χ1n) is 7.45. The number of methoxy groups -OCH3 is 2. The second-order valence-electron chi connectivity index (χ2n) is 5.36. The first kappa shape index (κ1) is 18.8. The lowest BCUT2D eigenvalue weighted by atomic mass is 10.1. The fourth-order valence-electron chi connectivity index (χ4n) is 2.41. The van der Waals surface area contributed by atoms with Gasteiger partial charge in [-0.25, -0.2) is 13.1 Å². The fourth-order valence-corrected chi connectivity index (χ4v) is 3.51. The van der Waals surface area contributed by atoms with Gasteiger partial charge in [0.15, 0.2) is 0 Å². The Morgan fingerprint density at radius 1 is 1.24 bits per heavy atom. The number of aromatic nitrogens is 1. The van der Waals surface area contributed by atoms with Crippen molar-refractivity contribution in [3.8, 4) is 11.5 Å². The van der Waals surface area contributed by atoms with Crippen LogP contribution in [-0.2, 0) is 23.5 Å². The van der Waals surface area contributed by atoms with Gasteiger partial charge < -0.3 is 19.8 Å². The van der Waals surface area contributed by atoms with E-state index in [9.17, 15) is 13.2 Å². The third kappa shape index (κ3) is 4.31. The Bertz CT molecular complexity index is 874. The van der Waals surface area contributed by atoms with Crippen molar-refractivity contribution in [1.82, 2.24) is 9.29 Å². The fraction of sp³-hybridized carbons (Fsp3) is 0.312. The largest absolute Gasteiger partial charge is 0.497 e. The molecule has 2 aromatic rings. The van der Waals surface area contributed by atoms with E-state index in [2.05, 4.69) is 4.72 Å². The monoisotopic (exact) mass is 367 g/mol. The molecule has 0 aliphatic heterocycles. The molecule has 0 bridgehead atoms. The molecule has 136 valence electrons. The van der Waals surface area contributed by atoms with Crippen molar-refractivity contribution in [3.63, 3.8) is 0 Å². The van der Waals surface area contributed by atoms with Gasteiger partial charge in [-0.2, -0.15) is 0 Å². The van der Waals surface area contributed by atoms with Crippen LogP contribution in [0.1, 0.15) is 16.1 Å². The summed E-state index contributed by atoms with van der Waals surface area (Å²) in [5.41, 5.74) is 6.14. The number of carbonyl (C=O) groups is 1. The van der Waals surface area contributed by atoms with Crippen LogP contribution < -0.4 is 19.9 Å². The smallest absolute Gasteiger partial charge is 0.265 e. The Labute approximate surface area is 146 Å². The molecule has 3 N–H and O–H groups in total. The highest BCUT2D eigenvalue weighted by Crippen LogP contribution is 2.24. The molecule has 25 heavy (non-hydrogen) atoms. The number of sulfonamides is 1. The number of nitrogens with two attached hydrogens (primary N) is 1. The summed E-state index contributed by atoms with van der Waals surface area (Å²) < 4.78 is 39.0. The standard InChI is InChI=1S/C16H21N3O5S/c1-19-10-13(9-14(19)16(17)20)25(21,22)18-7-6-11-8-12(23-2)4-5-15(11)24-3/h4-5,8-10,18H,6-7H2,1-3H3,(H2,17,20). The summed E-state index contributed by atoms with van der Waals surface area (Å²) in [5, 5.41) is 0. The molecule has 0 fully saturated rings. The van der Waals surface area contributed by atoms with E-state index in [1.54, 1.807) is 39.5 Å². The summed E-state index contributed by atoms with van der Waals surface area (Å²) in [6.07, 6.45) is 1.75. The molecule has 0 aliphatic carbocycles. The minimum absolute atomic E-state index is 0.0126. The zero-order valence-electron chi connectivity index (χ0n) is 14.3. The molecule has 1 heterocycles. The maximum Gasteiger partial charge on any atom is 0.265 e. The van der Waals surface area contributed by atoms with Gasteiger partial charge in [0.1, 0.15) is 22.1 Å². The van der Waals surface area contributed by atoms with Crippen LogP contribution in [-0.4, -0.2) is 39.7 Å². The van der Waals surface area contributed by atoms with E-state index in [1.165, 1.54) is 16.8 Å². The van der Waals surface area contributed by atoms with Gasteiger partial charge in [0.25, 0.3) is 5.91 Å². The molecular formula is C16H21N3O5S. The normalized spacial score (nSPS) is 11.3. The van der Waals surface area contributed by atoms with Crippen molar-refractivity contribution >= 4 is 15.9 Å². The molecule has 2 rings (SSSR count). The number of nitrogens with zero attached hydrogens (tertiary/aromatic N) is 1. The molecule has 0 unspecified atom stereocenters. The van der Waals surface area contributed by atoms with Crippen molar-refractivity contribution in [2.75, 3.05) is 20.8 Å². The molecule has 0 spiro atoms. The molecule has 1 aromatic carbocycles. The van der Waals surface area contributed by atoms with Crippen LogP contribution in [0.2, 0.25) is 0 Å². The number of primary amides is 1. The Balaban J connectivity index is 2.11. The first-order chi connectivity index (χ1) is 11.8. The molecule has 0 saturated carbocycles. The van der Waals surface area contributed by atoms with E-state index in [0.717, 1.165) is 5.56 Å². The zero-order valence-corrected chi connectivity index (χ0v) is 15.1. The van der Waals surface area contributed by atoms with Crippen LogP contribution in [0.3, 0.4) is 0 Å². The molecular weight excluding hydrogens is 346 g/mol. The lowest BCUT2D eigenvalue weighted by Crippen LogP contribution is -2.25. The zero-order chi connectivity index (χ0) is 18.6. The van der Waals surface area contributed by atoms with E-state index in [-0.39, 0.29) is 17.1 Å². The van der Waals surface area contributed by atoms with Crippen LogP contribution in [0.25, 0.3) is 0 Å². The van der Waals surface area contributed by atoms with Gasteiger partial charge in [-0.05, 0) is 36.2 Å². The molecule has 8 nitrogen and oxygen atoms in total. The van der Waals surface area contributed by atoms with Crippen LogP contribution in [0, 0.1) is 0 Å². The number of rotatable bonds is 8. The molecule has 0 saturated heterocycles. The van der Waals surface area contributed by atoms with E-state index < -0.39 is 15.9 Å². The summed E-state index contributed by atoms with van der Waals surface area (Å²) in [5.74, 6) is 0.619. The molecule has 0 radical (unpaired) electrons. The Kier molecular flexibility index (Phi) is 5.70. The second-order valence-corrected chi connectivity index (χ2v) is 7.13. The Morgan fingerprint density at radius 2 is 1.96 bits per heavy atom. The maximum atomic E-state index is 12.4. The highest BCUT2D eigenvalue weighted by Gasteiger charge is 2.19. The van der Waals surface area contributed by atoms with E-state index in [0.29, 0.717) is 17.9 Å². The minimum Gasteiger partial charge on any atom is -0.497 e. The second kappa shape index (κ2) is 7.58. The average Bonchev–Trinajstić information content (AvgIpc) is 2.97. The molecule has 0 atom stereocenters. The molecule has 0 aliphatic rings. The molecule has 1 amide bonds. The van der Waals surface area contributed by atoms with Gasteiger partial charge in [0, 0.05) is 19.8 Å². The predicted octanol–water partition coefficient (Wildman–Crippen LogP) is 0.662. The lowest BCUT2D eigenvalue weighted by molar-refractivity contribution is 0.0992. The molecule has 1 aromatic heterocycles. The lowest BCUT2D eigenvalue weighted by Gasteiger charge is -2.11. The van der Waals surface area contributed by atoms with Crippen LogP contribution in [0.5, 0.6) is 11.5 Å². The average molecular weight is 367 g/mol. The topological polar surface area (TPSA) is 113 Å². The van der Waals surface area contributed by atoms with Crippen LogP contribution >= 0.6 is 0 Å². The third-order valence-corrected chi connectivity index (χ3v) is 5.14. The van der Waals surface area contributed by atoms with E-state index in [4.69, 9.17) is 15.2 Å². The van der Waals surface area contributed by atoms with Crippen molar-refractivity contribution in [1.29, 1.82) is 0 Å². The Morgan fingerprint density at radius 3 is 2.52 bits per heavy atom. The highest BCUT2D eigenvalue weighted by molar-refractivity contribution is 7.89. The number of carbonyl (C=O) groups excluding carboxylic acids is 1. The number of benzene rings is 1. The number of nitrogens with one attached hydrogen (secondary N) is 1. The van der Waals surface area contributed by atoms with Gasteiger partial charge in [-0.3, -0.25) is 4.79 Å². The maximum absolute atomic E-state index is 12.4. The number of amides is 1. The van der Waals surface area contributed by atoms with Crippen molar-refractivity contribution in [2.24, 2.45) is 12.8 Å². The predicted molar refractivity (Wildman–Crippen MR) is 92.4 cm³/mol. The summed E-state index contributed by atoms with van der Waals surface area (Å²) in [6, 6.07) is 6.57. The van der Waals surface area contributed by atoms with Crippen LogP contribution in [0.4, 0.5) is 0 Å². The van der Waals surface area contributed by atoms with E-state index in [1.807, 2.05) is 0 Å². The quantitative estimate of drug-likeness (QED) is 0.712. The van der Waals surface area contributed by atoms with Gasteiger partial charge in [0.2, 0.25) is 10.0 Å². The summed E-state index contributed by atoms with van der Waals surface area (Å²) in [7, 11) is 0.906. The van der Waals surface area contributed by atoms with Gasteiger partial charge in [-0.1, -0.05) is 0 Å². The summed E-state index contributed by atoms with van der Waals surface area (Å²) >= 11 is 0.